The molecule has 4 nitrogen and oxygen atoms in total. The summed E-state index contributed by atoms with van der Waals surface area (Å²) in [5, 5.41) is 12.1. The van der Waals surface area contributed by atoms with Crippen molar-refractivity contribution >= 4 is 11.7 Å². The van der Waals surface area contributed by atoms with Crippen molar-refractivity contribution in [2.24, 2.45) is 5.92 Å². The molecule has 0 amide bonds. The molecule has 2 N–H and O–H groups in total. The van der Waals surface area contributed by atoms with Crippen LogP contribution in [-0.4, -0.2) is 30.8 Å². The zero-order valence-electron chi connectivity index (χ0n) is 9.99. The van der Waals surface area contributed by atoms with E-state index < -0.39 is 11.8 Å². The summed E-state index contributed by atoms with van der Waals surface area (Å²) in [5.41, 5.74) is 0.418. The number of halogens is 1. The van der Waals surface area contributed by atoms with E-state index in [1.54, 1.807) is 0 Å². The summed E-state index contributed by atoms with van der Waals surface area (Å²) in [6.45, 7) is 2.13. The van der Waals surface area contributed by atoms with E-state index in [1.165, 1.54) is 12.1 Å². The van der Waals surface area contributed by atoms with Gasteiger partial charge in [-0.15, -0.1) is 0 Å². The zero-order chi connectivity index (χ0) is 13.0. The maximum absolute atomic E-state index is 13.0. The van der Waals surface area contributed by atoms with E-state index in [9.17, 15) is 9.18 Å². The van der Waals surface area contributed by atoms with Gasteiger partial charge in [-0.1, -0.05) is 0 Å². The average Bonchev–Trinajstić information content (AvgIpc) is 2.38. The smallest absolute Gasteiger partial charge is 0.337 e. The molecule has 1 heterocycles. The summed E-state index contributed by atoms with van der Waals surface area (Å²) in [6.07, 6.45) is 2.10. The number of carboxylic acids is 1. The van der Waals surface area contributed by atoms with Gasteiger partial charge < -0.3 is 15.2 Å². The summed E-state index contributed by atoms with van der Waals surface area (Å²) in [5.74, 6) is -1.29. The van der Waals surface area contributed by atoms with Crippen LogP contribution in [0.15, 0.2) is 18.2 Å². The number of ether oxygens (including phenoxy) is 1. The lowest BCUT2D eigenvalue weighted by molar-refractivity contribution is 0.0595. The molecule has 1 saturated heterocycles. The molecule has 0 aromatic heterocycles. The van der Waals surface area contributed by atoms with Crippen molar-refractivity contribution in [1.29, 1.82) is 0 Å². The second kappa shape index (κ2) is 5.82. The molecule has 0 aliphatic carbocycles. The van der Waals surface area contributed by atoms with E-state index in [0.717, 1.165) is 25.5 Å². The Bertz CT molecular complexity index is 430. The molecule has 18 heavy (non-hydrogen) atoms. The van der Waals surface area contributed by atoms with Crippen LogP contribution in [0.4, 0.5) is 10.1 Å². The molecule has 0 spiro atoms. The molecular formula is C13H16FNO3. The first kappa shape index (κ1) is 12.8. The molecule has 0 bridgehead atoms. The normalized spacial score (nSPS) is 19.5. The third kappa shape index (κ3) is 3.20. The molecule has 5 heteroatoms. The van der Waals surface area contributed by atoms with Crippen LogP contribution in [0.5, 0.6) is 0 Å². The predicted molar refractivity (Wildman–Crippen MR) is 65.4 cm³/mol. The Kier molecular flexibility index (Phi) is 4.15. The van der Waals surface area contributed by atoms with Crippen molar-refractivity contribution in [2.75, 3.05) is 25.1 Å². The molecule has 1 aromatic carbocycles. The van der Waals surface area contributed by atoms with Gasteiger partial charge in [0.05, 0.1) is 12.2 Å². The van der Waals surface area contributed by atoms with E-state index >= 15 is 0 Å². The van der Waals surface area contributed by atoms with Crippen molar-refractivity contribution in [1.82, 2.24) is 0 Å². The minimum absolute atomic E-state index is 0.0354. The number of nitrogens with one attached hydrogen (secondary N) is 1. The van der Waals surface area contributed by atoms with E-state index in [2.05, 4.69) is 5.32 Å². The first-order chi connectivity index (χ1) is 8.66. The van der Waals surface area contributed by atoms with Crippen molar-refractivity contribution in [3.8, 4) is 0 Å². The average molecular weight is 253 g/mol. The fourth-order valence-electron chi connectivity index (χ4n) is 2.07. The Balaban J connectivity index is 2.01. The van der Waals surface area contributed by atoms with Gasteiger partial charge in [0.15, 0.2) is 0 Å². The quantitative estimate of drug-likeness (QED) is 0.864. The van der Waals surface area contributed by atoms with Gasteiger partial charge in [-0.2, -0.15) is 0 Å². The topological polar surface area (TPSA) is 58.6 Å². The first-order valence-electron chi connectivity index (χ1n) is 6.01. The van der Waals surface area contributed by atoms with Crippen LogP contribution < -0.4 is 5.32 Å². The van der Waals surface area contributed by atoms with Crippen LogP contribution in [0.25, 0.3) is 0 Å². The molecule has 98 valence electrons. The van der Waals surface area contributed by atoms with Crippen molar-refractivity contribution in [2.45, 2.75) is 12.8 Å². The number of aromatic carboxylic acids is 1. The lowest BCUT2D eigenvalue weighted by Gasteiger charge is -2.23. The molecule has 1 aliphatic heterocycles. The summed E-state index contributed by atoms with van der Waals surface area (Å²) in [6, 6.07) is 3.75. The fourth-order valence-corrected chi connectivity index (χ4v) is 2.07. The van der Waals surface area contributed by atoms with E-state index in [-0.39, 0.29) is 5.56 Å². The van der Waals surface area contributed by atoms with E-state index in [0.29, 0.717) is 24.8 Å². The Morgan fingerprint density at radius 2 is 2.39 bits per heavy atom. The Morgan fingerprint density at radius 1 is 1.56 bits per heavy atom. The third-order valence-electron chi connectivity index (χ3n) is 3.05. The zero-order valence-corrected chi connectivity index (χ0v) is 9.99. The largest absolute Gasteiger partial charge is 0.478 e. The second-order valence-corrected chi connectivity index (χ2v) is 4.46. The van der Waals surface area contributed by atoms with Crippen molar-refractivity contribution in [3.05, 3.63) is 29.6 Å². The molecule has 1 atom stereocenters. The standard InChI is InChI=1S/C13H16FNO3/c14-10-3-4-12(11(6-10)13(16)17)15-7-9-2-1-5-18-8-9/h3-4,6,9,15H,1-2,5,7-8H2,(H,16,17). The molecule has 2 rings (SSSR count). The minimum Gasteiger partial charge on any atom is -0.478 e. The Morgan fingerprint density at radius 3 is 3.06 bits per heavy atom. The molecule has 0 radical (unpaired) electrons. The summed E-state index contributed by atoms with van der Waals surface area (Å²) < 4.78 is 18.3. The number of carbonyl (C=O) groups is 1. The van der Waals surface area contributed by atoms with Gasteiger partial charge in [0.1, 0.15) is 5.82 Å². The second-order valence-electron chi connectivity index (χ2n) is 4.46. The molecule has 0 saturated carbocycles. The van der Waals surface area contributed by atoms with E-state index in [4.69, 9.17) is 9.84 Å². The first-order valence-corrected chi connectivity index (χ1v) is 6.01. The van der Waals surface area contributed by atoms with E-state index in [1.807, 2.05) is 0 Å². The number of carboxylic acid groups (broad SMARTS) is 1. The summed E-state index contributed by atoms with van der Waals surface area (Å²) in [7, 11) is 0. The van der Waals surface area contributed by atoms with Crippen LogP contribution in [-0.2, 0) is 4.74 Å². The summed E-state index contributed by atoms with van der Waals surface area (Å²) >= 11 is 0. The van der Waals surface area contributed by atoms with Gasteiger partial charge in [-0.3, -0.25) is 0 Å². The van der Waals surface area contributed by atoms with Gasteiger partial charge in [0, 0.05) is 18.8 Å². The highest BCUT2D eigenvalue weighted by Gasteiger charge is 2.16. The van der Waals surface area contributed by atoms with Crippen LogP contribution in [0.3, 0.4) is 0 Å². The Hall–Kier alpha value is -1.62. The highest BCUT2D eigenvalue weighted by atomic mass is 19.1. The van der Waals surface area contributed by atoms with Gasteiger partial charge in [-0.25, -0.2) is 9.18 Å². The highest BCUT2D eigenvalue weighted by Crippen LogP contribution is 2.19. The third-order valence-corrected chi connectivity index (χ3v) is 3.05. The number of rotatable bonds is 4. The predicted octanol–water partition coefficient (Wildman–Crippen LogP) is 2.36. The maximum Gasteiger partial charge on any atom is 0.337 e. The van der Waals surface area contributed by atoms with Crippen LogP contribution in [0.2, 0.25) is 0 Å². The number of hydrogen-bond donors (Lipinski definition) is 2. The Labute approximate surface area is 105 Å². The molecule has 1 aliphatic rings. The molecule has 1 unspecified atom stereocenters. The van der Waals surface area contributed by atoms with Gasteiger partial charge in [0.2, 0.25) is 0 Å². The van der Waals surface area contributed by atoms with Gasteiger partial charge >= 0.3 is 5.97 Å². The monoisotopic (exact) mass is 253 g/mol. The lowest BCUT2D eigenvalue weighted by Crippen LogP contribution is -2.24. The highest BCUT2D eigenvalue weighted by molar-refractivity contribution is 5.94. The van der Waals surface area contributed by atoms with Crippen LogP contribution >= 0.6 is 0 Å². The van der Waals surface area contributed by atoms with Gasteiger partial charge in [-0.05, 0) is 37.0 Å². The molecule has 1 aromatic rings. The maximum atomic E-state index is 13.0. The number of benzene rings is 1. The van der Waals surface area contributed by atoms with Crippen molar-refractivity contribution in [3.63, 3.8) is 0 Å². The summed E-state index contributed by atoms with van der Waals surface area (Å²) in [4.78, 5) is 11.0. The minimum atomic E-state index is -1.13. The van der Waals surface area contributed by atoms with Gasteiger partial charge in [0.25, 0.3) is 0 Å². The van der Waals surface area contributed by atoms with Crippen LogP contribution in [0, 0.1) is 11.7 Å². The number of hydrogen-bond acceptors (Lipinski definition) is 3. The SMILES string of the molecule is O=C(O)c1cc(F)ccc1NCC1CCCOC1. The lowest BCUT2D eigenvalue weighted by atomic mass is 10.0. The fraction of sp³-hybridized carbons (Fsp3) is 0.462. The molecular weight excluding hydrogens is 237 g/mol. The van der Waals surface area contributed by atoms with Crippen LogP contribution in [0.1, 0.15) is 23.2 Å². The molecule has 1 fully saturated rings. The van der Waals surface area contributed by atoms with Crippen molar-refractivity contribution < 1.29 is 19.0 Å². The number of anilines is 1.